The second-order valence-electron chi connectivity index (χ2n) is 10.4. The number of piperidine rings is 1. The van der Waals surface area contributed by atoms with Gasteiger partial charge in [-0.05, 0) is 50.8 Å². The lowest BCUT2D eigenvalue weighted by molar-refractivity contribution is -0.142. The van der Waals surface area contributed by atoms with Crippen LogP contribution in [0.3, 0.4) is 0 Å². The molecule has 0 spiro atoms. The number of ether oxygens (including phenoxy) is 1. The molecule has 2 saturated heterocycles. The summed E-state index contributed by atoms with van der Waals surface area (Å²) in [6, 6.07) is 5.29. The summed E-state index contributed by atoms with van der Waals surface area (Å²) in [5, 5.41) is 5.09. The first-order chi connectivity index (χ1) is 18.9. The van der Waals surface area contributed by atoms with Gasteiger partial charge in [0.1, 0.15) is 11.9 Å². The van der Waals surface area contributed by atoms with E-state index >= 15 is 0 Å². The van der Waals surface area contributed by atoms with Crippen LogP contribution in [0.15, 0.2) is 30.5 Å². The predicted molar refractivity (Wildman–Crippen MR) is 151 cm³/mol. The minimum absolute atomic E-state index is 0.169. The first kappa shape index (κ1) is 28.1. The van der Waals surface area contributed by atoms with Gasteiger partial charge in [0.2, 0.25) is 10.0 Å². The summed E-state index contributed by atoms with van der Waals surface area (Å²) in [5.74, 6) is -0.0631. The Balaban J connectivity index is 1.49. The maximum Gasteiger partial charge on any atom is 0.328 e. The average Bonchev–Trinajstić information content (AvgIpc) is 3.50. The van der Waals surface area contributed by atoms with Crippen molar-refractivity contribution in [2.24, 2.45) is 5.73 Å². The zero-order valence-corrected chi connectivity index (χ0v) is 24.1. The number of benzene rings is 1. The van der Waals surface area contributed by atoms with E-state index in [1.54, 1.807) is 9.42 Å². The fourth-order valence-corrected chi connectivity index (χ4v) is 6.30. The molecule has 2 aromatic heterocycles. The molecule has 0 aliphatic carbocycles. The van der Waals surface area contributed by atoms with E-state index < -0.39 is 16.1 Å². The third-order valence-corrected chi connectivity index (χ3v) is 8.14. The summed E-state index contributed by atoms with van der Waals surface area (Å²) in [7, 11) is -2.26. The molecule has 0 radical (unpaired) electrons. The number of esters is 1. The number of hydrogen-bond acceptors (Lipinski definition) is 9. The highest BCUT2D eigenvalue weighted by molar-refractivity contribution is 7.92. The number of sulfonamides is 1. The lowest BCUT2D eigenvalue weighted by Gasteiger charge is -2.35. The van der Waals surface area contributed by atoms with Gasteiger partial charge in [0.05, 0.1) is 36.4 Å². The van der Waals surface area contributed by atoms with Crippen molar-refractivity contribution in [3.8, 4) is 0 Å². The summed E-state index contributed by atoms with van der Waals surface area (Å²) in [5.41, 5.74) is 8.57. The van der Waals surface area contributed by atoms with Crippen molar-refractivity contribution < 1.29 is 22.7 Å². The fourth-order valence-electron chi connectivity index (χ4n) is 5.55. The van der Waals surface area contributed by atoms with Crippen LogP contribution < -0.4 is 15.4 Å². The molecule has 14 heteroatoms. The molecule has 1 amide bonds. The van der Waals surface area contributed by atoms with Crippen LogP contribution in [0.1, 0.15) is 53.3 Å². The molecule has 2 aliphatic rings. The molecular formula is C26H32ClN7O5S. The van der Waals surface area contributed by atoms with E-state index in [1.165, 1.54) is 25.3 Å². The number of likely N-dealkylation sites (tertiary alicyclic amines) is 1. The van der Waals surface area contributed by atoms with Crippen molar-refractivity contribution in [3.63, 3.8) is 0 Å². The van der Waals surface area contributed by atoms with Crippen molar-refractivity contribution in [2.45, 2.75) is 50.7 Å². The Morgan fingerprint density at radius 3 is 2.73 bits per heavy atom. The van der Waals surface area contributed by atoms with Gasteiger partial charge in [-0.15, -0.1) is 0 Å². The Labute approximate surface area is 237 Å². The van der Waals surface area contributed by atoms with Crippen LogP contribution in [-0.2, 0) is 19.6 Å². The number of rotatable bonds is 6. The Bertz CT molecular complexity index is 1580. The zero-order chi connectivity index (χ0) is 28.8. The summed E-state index contributed by atoms with van der Waals surface area (Å²) >= 11 is 6.20. The van der Waals surface area contributed by atoms with Gasteiger partial charge in [-0.3, -0.25) is 9.52 Å². The topological polar surface area (TPSA) is 152 Å². The summed E-state index contributed by atoms with van der Waals surface area (Å²) in [6.07, 6.45) is 5.74. The minimum atomic E-state index is -3.62. The number of nitrogens with two attached hydrogens (primary N) is 1. The number of nitrogens with zero attached hydrogens (tertiary/aromatic N) is 5. The Morgan fingerprint density at radius 2 is 2.00 bits per heavy atom. The number of aromatic nitrogens is 3. The number of fused-ring (bicyclic) bond motifs is 1. The molecule has 1 aromatic carbocycles. The van der Waals surface area contributed by atoms with Gasteiger partial charge in [-0.2, -0.15) is 5.10 Å². The molecule has 0 bridgehead atoms. The minimum Gasteiger partial charge on any atom is -0.467 e. The van der Waals surface area contributed by atoms with E-state index in [0.717, 1.165) is 24.7 Å². The number of halogens is 1. The highest BCUT2D eigenvalue weighted by atomic mass is 35.5. The molecule has 2 aliphatic heterocycles. The molecule has 3 aromatic rings. The van der Waals surface area contributed by atoms with E-state index in [1.807, 2.05) is 24.1 Å². The van der Waals surface area contributed by atoms with E-state index in [-0.39, 0.29) is 35.2 Å². The number of carbonyl (C=O) groups is 2. The van der Waals surface area contributed by atoms with Gasteiger partial charge in [0.25, 0.3) is 5.91 Å². The van der Waals surface area contributed by atoms with Crippen LogP contribution in [0.25, 0.3) is 5.65 Å². The molecule has 2 fully saturated rings. The second kappa shape index (κ2) is 10.9. The van der Waals surface area contributed by atoms with E-state index in [4.69, 9.17) is 32.2 Å². The Hall–Kier alpha value is -3.42. The zero-order valence-electron chi connectivity index (χ0n) is 22.5. The first-order valence-electron chi connectivity index (χ1n) is 13.0. The molecule has 4 heterocycles. The van der Waals surface area contributed by atoms with Crippen molar-refractivity contribution in [1.82, 2.24) is 19.5 Å². The average molecular weight is 590 g/mol. The first-order valence-corrected chi connectivity index (χ1v) is 15.3. The van der Waals surface area contributed by atoms with Crippen LogP contribution in [0.2, 0.25) is 5.02 Å². The summed E-state index contributed by atoms with van der Waals surface area (Å²) in [6.45, 7) is 2.85. The number of nitrogens with one attached hydrogen (secondary N) is 1. The number of hydrogen-bond donors (Lipinski definition) is 2. The van der Waals surface area contributed by atoms with Gasteiger partial charge >= 0.3 is 5.97 Å². The number of anilines is 2. The fraction of sp³-hybridized carbons (Fsp3) is 0.462. The van der Waals surface area contributed by atoms with Gasteiger partial charge in [0, 0.05) is 42.0 Å². The van der Waals surface area contributed by atoms with Gasteiger partial charge < -0.3 is 20.3 Å². The smallest absolute Gasteiger partial charge is 0.328 e. The Kier molecular flexibility index (Phi) is 7.64. The highest BCUT2D eigenvalue weighted by Gasteiger charge is 2.38. The van der Waals surface area contributed by atoms with Crippen LogP contribution >= 0.6 is 11.6 Å². The van der Waals surface area contributed by atoms with Crippen LogP contribution in [-0.4, -0.2) is 78.3 Å². The van der Waals surface area contributed by atoms with E-state index in [0.29, 0.717) is 48.1 Å². The van der Waals surface area contributed by atoms with Gasteiger partial charge in [0.15, 0.2) is 5.65 Å². The van der Waals surface area contributed by atoms with E-state index in [9.17, 15) is 18.0 Å². The van der Waals surface area contributed by atoms with Crippen molar-refractivity contribution >= 4 is 50.7 Å². The van der Waals surface area contributed by atoms with Crippen LogP contribution in [0.4, 0.5) is 11.5 Å². The quantitative estimate of drug-likeness (QED) is 0.413. The van der Waals surface area contributed by atoms with Gasteiger partial charge in [-0.1, -0.05) is 11.6 Å². The van der Waals surface area contributed by atoms with Crippen LogP contribution in [0, 0.1) is 6.92 Å². The maximum absolute atomic E-state index is 13.8. The normalized spacial score (nSPS) is 21.6. The predicted octanol–water partition coefficient (Wildman–Crippen LogP) is 2.51. The molecule has 0 saturated carbocycles. The monoisotopic (exact) mass is 589 g/mol. The van der Waals surface area contributed by atoms with E-state index in [2.05, 4.69) is 4.72 Å². The standard InChI is InChI=1S/C26H32ClN7O5S/c1-15-13-34-23(29-24(15)33-14-17(28)11-22(33)26(36)39-2)12-20(30-34)21-6-4-5-9-32(21)25(35)18-10-16(27)7-8-19(18)31-40(3,37)38/h7-8,10,12-13,17,21-22,31H,4-6,9,11,14,28H2,1-3H3/t17-,21-,22+/m0/s1. The number of methoxy groups -OCH3 is 1. The van der Waals surface area contributed by atoms with Gasteiger partial charge in [-0.25, -0.2) is 22.7 Å². The lowest BCUT2D eigenvalue weighted by Crippen LogP contribution is -2.39. The summed E-state index contributed by atoms with van der Waals surface area (Å²) < 4.78 is 33.0. The molecule has 214 valence electrons. The molecule has 3 atom stereocenters. The number of aryl methyl sites for hydroxylation is 1. The second-order valence-corrected chi connectivity index (χ2v) is 12.6. The third kappa shape index (κ3) is 5.58. The molecule has 0 unspecified atom stereocenters. The molecule has 5 rings (SSSR count). The molecule has 3 N–H and O–H groups in total. The summed E-state index contributed by atoms with van der Waals surface area (Å²) in [4.78, 5) is 34.7. The Morgan fingerprint density at radius 1 is 1.23 bits per heavy atom. The number of carbonyl (C=O) groups excluding carboxylic acids is 2. The number of amides is 1. The molecule has 40 heavy (non-hydrogen) atoms. The lowest BCUT2D eigenvalue weighted by atomic mass is 9.98. The van der Waals surface area contributed by atoms with Crippen molar-refractivity contribution in [3.05, 3.63) is 52.3 Å². The van der Waals surface area contributed by atoms with Crippen molar-refractivity contribution in [2.75, 3.05) is 36.1 Å². The third-order valence-electron chi connectivity index (χ3n) is 7.32. The largest absolute Gasteiger partial charge is 0.467 e. The maximum atomic E-state index is 13.8. The highest BCUT2D eigenvalue weighted by Crippen LogP contribution is 2.35. The SMILES string of the molecule is COC(=O)[C@H]1C[C@H](N)CN1c1nc2cc([C@@H]3CCCCN3C(=O)c3cc(Cl)ccc3NS(C)(=O)=O)nn2cc1C. The molecule has 12 nitrogen and oxygen atoms in total. The van der Waals surface area contributed by atoms with Crippen LogP contribution in [0.5, 0.6) is 0 Å². The van der Waals surface area contributed by atoms with Crippen molar-refractivity contribution in [1.29, 1.82) is 0 Å². The molecular weight excluding hydrogens is 558 g/mol.